The van der Waals surface area contributed by atoms with Crippen molar-refractivity contribution in [3.05, 3.63) is 35.9 Å². The van der Waals surface area contributed by atoms with Gasteiger partial charge in [0.05, 0.1) is 5.75 Å². The molecule has 1 aromatic rings. The Hall–Kier alpha value is -1.07. The molecule has 1 saturated heterocycles. The Kier molecular flexibility index (Phi) is 3.74. The Morgan fingerprint density at radius 3 is 2.48 bits per heavy atom. The SMILES string of the molecule is O=C1CC(CS(=O)(=O)Cl)CN1CC1(c2ccccc2)CC1. The lowest BCUT2D eigenvalue weighted by atomic mass is 9.95. The number of benzene rings is 1. The van der Waals surface area contributed by atoms with E-state index in [-0.39, 0.29) is 29.4 Å². The number of hydrogen-bond donors (Lipinski definition) is 0. The summed E-state index contributed by atoms with van der Waals surface area (Å²) in [6, 6.07) is 10.2. The smallest absolute Gasteiger partial charge is 0.232 e. The van der Waals surface area contributed by atoms with Crippen LogP contribution in [0.25, 0.3) is 0 Å². The third-order valence-electron chi connectivity index (χ3n) is 4.46. The van der Waals surface area contributed by atoms with Crippen molar-refractivity contribution in [2.45, 2.75) is 24.7 Å². The van der Waals surface area contributed by atoms with Crippen LogP contribution in [-0.2, 0) is 19.3 Å². The number of halogens is 1. The van der Waals surface area contributed by atoms with Crippen molar-refractivity contribution in [2.24, 2.45) is 5.92 Å². The molecule has 4 nitrogen and oxygen atoms in total. The van der Waals surface area contributed by atoms with E-state index < -0.39 is 9.05 Å². The van der Waals surface area contributed by atoms with Crippen molar-refractivity contribution in [1.82, 2.24) is 4.90 Å². The van der Waals surface area contributed by atoms with Gasteiger partial charge in [-0.3, -0.25) is 4.79 Å². The van der Waals surface area contributed by atoms with Crippen LogP contribution < -0.4 is 0 Å². The van der Waals surface area contributed by atoms with Gasteiger partial charge in [0.2, 0.25) is 15.0 Å². The number of nitrogens with zero attached hydrogens (tertiary/aromatic N) is 1. The third kappa shape index (κ3) is 3.40. The van der Waals surface area contributed by atoms with Gasteiger partial charge in [-0.05, 0) is 18.4 Å². The molecule has 0 spiro atoms. The van der Waals surface area contributed by atoms with Gasteiger partial charge in [-0.1, -0.05) is 30.3 Å². The van der Waals surface area contributed by atoms with E-state index in [4.69, 9.17) is 10.7 Å². The van der Waals surface area contributed by atoms with Gasteiger partial charge in [-0.2, -0.15) is 0 Å². The molecule has 0 bridgehead atoms. The summed E-state index contributed by atoms with van der Waals surface area (Å²) < 4.78 is 22.3. The first-order valence-electron chi connectivity index (χ1n) is 7.14. The Morgan fingerprint density at radius 1 is 1.24 bits per heavy atom. The van der Waals surface area contributed by atoms with Crippen molar-refractivity contribution < 1.29 is 13.2 Å². The lowest BCUT2D eigenvalue weighted by molar-refractivity contribution is -0.128. The van der Waals surface area contributed by atoms with Crippen LogP contribution in [0.2, 0.25) is 0 Å². The summed E-state index contributed by atoms with van der Waals surface area (Å²) in [7, 11) is 1.75. The Morgan fingerprint density at radius 2 is 1.90 bits per heavy atom. The zero-order valence-corrected chi connectivity index (χ0v) is 13.2. The second kappa shape index (κ2) is 5.29. The Bertz CT molecular complexity index is 640. The number of carbonyl (C=O) groups excluding carboxylic acids is 1. The van der Waals surface area contributed by atoms with Crippen LogP contribution >= 0.6 is 10.7 Å². The Labute approximate surface area is 129 Å². The lowest BCUT2D eigenvalue weighted by Crippen LogP contribution is -2.34. The molecule has 1 aliphatic carbocycles. The summed E-state index contributed by atoms with van der Waals surface area (Å²) >= 11 is 0. The molecule has 21 heavy (non-hydrogen) atoms. The van der Waals surface area contributed by atoms with E-state index >= 15 is 0 Å². The van der Waals surface area contributed by atoms with Crippen LogP contribution in [0.15, 0.2) is 30.3 Å². The number of amides is 1. The van der Waals surface area contributed by atoms with Gasteiger partial charge in [-0.25, -0.2) is 8.42 Å². The monoisotopic (exact) mass is 327 g/mol. The van der Waals surface area contributed by atoms with Gasteiger partial charge >= 0.3 is 0 Å². The van der Waals surface area contributed by atoms with Gasteiger partial charge in [0.15, 0.2) is 0 Å². The summed E-state index contributed by atoms with van der Waals surface area (Å²) in [6.07, 6.45) is 2.45. The van der Waals surface area contributed by atoms with Crippen LogP contribution in [0.3, 0.4) is 0 Å². The maximum atomic E-state index is 12.1. The minimum atomic E-state index is -3.54. The minimum absolute atomic E-state index is 0.0440. The molecular formula is C15H18ClNO3S. The van der Waals surface area contributed by atoms with Crippen LogP contribution in [0.4, 0.5) is 0 Å². The molecule has 2 fully saturated rings. The van der Waals surface area contributed by atoms with Crippen LogP contribution in [0, 0.1) is 5.92 Å². The molecular weight excluding hydrogens is 310 g/mol. The summed E-state index contributed by atoms with van der Waals surface area (Å²) in [5.41, 5.74) is 1.34. The number of carbonyl (C=O) groups is 1. The highest BCUT2D eigenvalue weighted by Crippen LogP contribution is 2.49. The lowest BCUT2D eigenvalue weighted by Gasteiger charge is -2.24. The fraction of sp³-hybridized carbons (Fsp3) is 0.533. The predicted molar refractivity (Wildman–Crippen MR) is 81.7 cm³/mol. The van der Waals surface area contributed by atoms with Gasteiger partial charge < -0.3 is 4.90 Å². The van der Waals surface area contributed by atoms with Crippen molar-refractivity contribution >= 4 is 25.6 Å². The number of likely N-dealkylation sites (tertiary alicyclic amines) is 1. The van der Waals surface area contributed by atoms with E-state index in [9.17, 15) is 13.2 Å². The molecule has 1 saturated carbocycles. The van der Waals surface area contributed by atoms with Crippen LogP contribution in [-0.4, -0.2) is 38.1 Å². The molecule has 0 N–H and O–H groups in total. The fourth-order valence-electron chi connectivity index (χ4n) is 3.25. The van der Waals surface area contributed by atoms with Crippen LogP contribution in [0.1, 0.15) is 24.8 Å². The third-order valence-corrected chi connectivity index (χ3v) is 5.71. The van der Waals surface area contributed by atoms with Gasteiger partial charge in [0, 0.05) is 41.5 Å². The second-order valence-corrected chi connectivity index (χ2v) is 9.02. The highest BCUT2D eigenvalue weighted by molar-refractivity contribution is 8.13. The van der Waals surface area contributed by atoms with Gasteiger partial charge in [-0.15, -0.1) is 0 Å². The molecule has 1 unspecified atom stereocenters. The van der Waals surface area contributed by atoms with Crippen molar-refractivity contribution in [3.63, 3.8) is 0 Å². The quantitative estimate of drug-likeness (QED) is 0.779. The Balaban J connectivity index is 1.68. The summed E-state index contributed by atoms with van der Waals surface area (Å²) in [6.45, 7) is 1.19. The molecule has 1 heterocycles. The van der Waals surface area contributed by atoms with Crippen molar-refractivity contribution in [1.29, 1.82) is 0 Å². The first kappa shape index (κ1) is 14.9. The van der Waals surface area contributed by atoms with E-state index in [0.717, 1.165) is 12.8 Å². The number of rotatable bonds is 5. The largest absolute Gasteiger partial charge is 0.341 e. The molecule has 3 rings (SSSR count). The molecule has 6 heteroatoms. The van der Waals surface area contributed by atoms with Gasteiger partial charge in [0.25, 0.3) is 0 Å². The molecule has 1 atom stereocenters. The van der Waals surface area contributed by atoms with E-state index in [2.05, 4.69) is 12.1 Å². The van der Waals surface area contributed by atoms with E-state index in [1.807, 2.05) is 23.1 Å². The van der Waals surface area contributed by atoms with Crippen molar-refractivity contribution in [2.75, 3.05) is 18.8 Å². The topological polar surface area (TPSA) is 54.5 Å². The fourth-order valence-corrected chi connectivity index (χ4v) is 4.57. The minimum Gasteiger partial charge on any atom is -0.341 e. The predicted octanol–water partition coefficient (Wildman–Crippen LogP) is 2.14. The highest BCUT2D eigenvalue weighted by atomic mass is 35.7. The molecule has 0 radical (unpaired) electrons. The molecule has 1 aromatic carbocycles. The first-order chi connectivity index (χ1) is 9.88. The average Bonchev–Trinajstić information content (AvgIpc) is 3.10. The zero-order valence-electron chi connectivity index (χ0n) is 11.7. The molecule has 1 amide bonds. The summed E-state index contributed by atoms with van der Waals surface area (Å²) in [5.74, 6) is -0.246. The maximum absolute atomic E-state index is 12.1. The second-order valence-electron chi connectivity index (χ2n) is 6.20. The maximum Gasteiger partial charge on any atom is 0.232 e. The van der Waals surface area contributed by atoms with Gasteiger partial charge in [0.1, 0.15) is 0 Å². The standard InChI is InChI=1S/C15H18ClNO3S/c16-21(19,20)10-12-8-14(18)17(9-12)11-15(6-7-15)13-4-2-1-3-5-13/h1-5,12H,6-11H2. The summed E-state index contributed by atoms with van der Waals surface area (Å²) in [4.78, 5) is 13.9. The summed E-state index contributed by atoms with van der Waals surface area (Å²) in [5, 5.41) is 0. The van der Waals surface area contributed by atoms with Crippen molar-refractivity contribution in [3.8, 4) is 0 Å². The first-order valence-corrected chi connectivity index (χ1v) is 9.61. The van der Waals surface area contributed by atoms with E-state index in [1.165, 1.54) is 5.56 Å². The number of hydrogen-bond acceptors (Lipinski definition) is 3. The molecule has 1 aliphatic heterocycles. The molecule has 114 valence electrons. The molecule has 0 aromatic heterocycles. The normalized spacial score (nSPS) is 24.3. The zero-order chi connectivity index (χ0) is 15.1. The average molecular weight is 328 g/mol. The van der Waals surface area contributed by atoms with E-state index in [0.29, 0.717) is 13.1 Å². The van der Waals surface area contributed by atoms with Crippen LogP contribution in [0.5, 0.6) is 0 Å². The van der Waals surface area contributed by atoms with E-state index in [1.54, 1.807) is 0 Å². The molecule has 2 aliphatic rings. The highest BCUT2D eigenvalue weighted by Gasteiger charge is 2.47.